The molecule has 0 fully saturated rings. The third-order valence-electron chi connectivity index (χ3n) is 1.88. The van der Waals surface area contributed by atoms with Gasteiger partial charge in [0.1, 0.15) is 0 Å². The number of rotatable bonds is 7. The first-order chi connectivity index (χ1) is 7.06. The number of allylic oxidation sites excluding steroid dienone is 1. The van der Waals surface area contributed by atoms with Crippen molar-refractivity contribution >= 4 is 5.97 Å². The average molecular weight is 212 g/mol. The van der Waals surface area contributed by atoms with Crippen LogP contribution >= 0.6 is 0 Å². The predicted molar refractivity (Wildman–Crippen MR) is 66.0 cm³/mol. The highest BCUT2D eigenvalue weighted by Crippen LogP contribution is 2.04. The molecule has 2 heteroatoms. The maximum Gasteiger partial charge on any atom is 0.330 e. The molecule has 0 amide bonds. The van der Waals surface area contributed by atoms with Crippen molar-refractivity contribution in [2.45, 2.75) is 52.4 Å². The molecule has 88 valence electrons. The summed E-state index contributed by atoms with van der Waals surface area (Å²) in [7, 11) is 0. The van der Waals surface area contributed by atoms with Crippen LogP contribution in [0.25, 0.3) is 0 Å². The smallest absolute Gasteiger partial charge is 0.330 e. The summed E-state index contributed by atoms with van der Waals surface area (Å²) in [6, 6.07) is 0. The van der Waals surface area contributed by atoms with Gasteiger partial charge < -0.3 is 5.11 Å². The van der Waals surface area contributed by atoms with E-state index >= 15 is 0 Å². The van der Waals surface area contributed by atoms with Crippen LogP contribution in [0.15, 0.2) is 24.8 Å². The van der Waals surface area contributed by atoms with Crippen LogP contribution in [-0.2, 0) is 4.79 Å². The van der Waals surface area contributed by atoms with Crippen molar-refractivity contribution in [3.05, 3.63) is 24.8 Å². The number of hydrogen-bond acceptors (Lipinski definition) is 1. The molecule has 0 aromatic rings. The minimum Gasteiger partial charge on any atom is -0.478 e. The summed E-state index contributed by atoms with van der Waals surface area (Å²) in [5, 5.41) is 7.89. The van der Waals surface area contributed by atoms with Crippen LogP contribution in [0.4, 0.5) is 0 Å². The second kappa shape index (κ2) is 12.9. The number of aliphatic carboxylic acids is 1. The average Bonchev–Trinajstić information content (AvgIpc) is 2.18. The van der Waals surface area contributed by atoms with E-state index < -0.39 is 5.97 Å². The molecule has 15 heavy (non-hydrogen) atoms. The Morgan fingerprint density at radius 3 is 2.07 bits per heavy atom. The molecule has 0 radical (unpaired) electrons. The predicted octanol–water partition coefficient (Wildman–Crippen LogP) is 4.18. The molecular formula is C13H24O2. The molecule has 0 spiro atoms. The molecule has 0 saturated carbocycles. The third kappa shape index (κ3) is 19.4. The fraction of sp³-hybridized carbons (Fsp3) is 0.615. The van der Waals surface area contributed by atoms with Crippen LogP contribution in [0.2, 0.25) is 0 Å². The summed E-state index contributed by atoms with van der Waals surface area (Å²) in [6.45, 7) is 10.5. The van der Waals surface area contributed by atoms with E-state index in [0.717, 1.165) is 0 Å². The number of carboxylic acid groups (broad SMARTS) is 1. The quantitative estimate of drug-likeness (QED) is 0.390. The van der Waals surface area contributed by atoms with Crippen molar-refractivity contribution in [3.63, 3.8) is 0 Å². The number of hydrogen-bond donors (Lipinski definition) is 1. The molecule has 0 saturated heterocycles. The van der Waals surface area contributed by atoms with Gasteiger partial charge in [-0.25, -0.2) is 4.79 Å². The Morgan fingerprint density at radius 1 is 1.27 bits per heavy atom. The molecule has 0 aliphatic carbocycles. The van der Waals surface area contributed by atoms with Gasteiger partial charge in [-0.1, -0.05) is 45.3 Å². The molecule has 0 aromatic heterocycles. The zero-order chi connectivity index (χ0) is 12.1. The van der Waals surface area contributed by atoms with E-state index in [0.29, 0.717) is 0 Å². The van der Waals surface area contributed by atoms with E-state index in [1.807, 2.05) is 6.08 Å². The van der Waals surface area contributed by atoms with E-state index in [4.69, 9.17) is 5.11 Å². The van der Waals surface area contributed by atoms with Crippen molar-refractivity contribution in [1.82, 2.24) is 0 Å². The van der Waals surface area contributed by atoms with Gasteiger partial charge in [0.15, 0.2) is 0 Å². The normalized spacial score (nSPS) is 8.67. The molecule has 0 aliphatic rings. The molecule has 0 unspecified atom stereocenters. The molecule has 0 heterocycles. The Hall–Kier alpha value is -1.05. The van der Waals surface area contributed by atoms with Crippen molar-refractivity contribution in [2.75, 3.05) is 0 Å². The second-order valence-corrected chi connectivity index (χ2v) is 3.58. The molecule has 0 atom stereocenters. The van der Waals surface area contributed by atoms with E-state index in [9.17, 15) is 4.79 Å². The van der Waals surface area contributed by atoms with Crippen LogP contribution in [0.3, 0.4) is 0 Å². The Kier molecular flexibility index (Phi) is 14.1. The minimum absolute atomic E-state index is 0.176. The summed E-state index contributed by atoms with van der Waals surface area (Å²) in [5.41, 5.74) is 0.176. The van der Waals surface area contributed by atoms with Crippen molar-refractivity contribution in [3.8, 4) is 0 Å². The summed E-state index contributed by atoms with van der Waals surface area (Å²) < 4.78 is 0. The van der Waals surface area contributed by atoms with Gasteiger partial charge in [-0.15, -0.1) is 6.58 Å². The lowest BCUT2D eigenvalue weighted by Gasteiger charge is -1.94. The Morgan fingerprint density at radius 2 is 1.73 bits per heavy atom. The largest absolute Gasteiger partial charge is 0.478 e. The highest BCUT2D eigenvalue weighted by molar-refractivity contribution is 5.84. The van der Waals surface area contributed by atoms with Gasteiger partial charge in [-0.05, 0) is 19.8 Å². The van der Waals surface area contributed by atoms with Gasteiger partial charge in [0, 0.05) is 5.57 Å². The summed E-state index contributed by atoms with van der Waals surface area (Å²) in [5.74, 6) is -0.935. The summed E-state index contributed by atoms with van der Waals surface area (Å²) in [6.07, 6.45) is 10.1. The van der Waals surface area contributed by atoms with E-state index in [-0.39, 0.29) is 5.57 Å². The van der Waals surface area contributed by atoms with Gasteiger partial charge >= 0.3 is 5.97 Å². The number of carboxylic acids is 1. The summed E-state index contributed by atoms with van der Waals surface area (Å²) >= 11 is 0. The Bertz CT molecular complexity index is 171. The van der Waals surface area contributed by atoms with E-state index in [1.165, 1.54) is 45.4 Å². The van der Waals surface area contributed by atoms with E-state index in [1.54, 1.807) is 0 Å². The first-order valence-corrected chi connectivity index (χ1v) is 5.55. The van der Waals surface area contributed by atoms with Crippen LogP contribution in [0.5, 0.6) is 0 Å². The standard InChI is InChI=1S/C9H18.C4H6O2/c1-3-5-7-9-8-6-4-2;1-3(2)4(5)6/h3H,1,4-9H2,2H3;1H2,2H3,(H,5,6). The van der Waals surface area contributed by atoms with Crippen LogP contribution in [0.1, 0.15) is 52.4 Å². The highest BCUT2D eigenvalue weighted by Gasteiger charge is 1.90. The van der Waals surface area contributed by atoms with Crippen LogP contribution in [0, 0.1) is 0 Å². The molecular weight excluding hydrogens is 188 g/mol. The lowest BCUT2D eigenvalue weighted by molar-refractivity contribution is -0.132. The van der Waals surface area contributed by atoms with Gasteiger partial charge in [0.2, 0.25) is 0 Å². The van der Waals surface area contributed by atoms with Crippen molar-refractivity contribution in [1.29, 1.82) is 0 Å². The molecule has 0 rings (SSSR count). The maximum atomic E-state index is 9.60. The first kappa shape index (κ1) is 16.4. The first-order valence-electron chi connectivity index (χ1n) is 5.55. The zero-order valence-electron chi connectivity index (χ0n) is 10.1. The lowest BCUT2D eigenvalue weighted by Crippen LogP contribution is -1.92. The van der Waals surface area contributed by atoms with Gasteiger partial charge in [0.05, 0.1) is 0 Å². The van der Waals surface area contributed by atoms with Crippen molar-refractivity contribution < 1.29 is 9.90 Å². The maximum absolute atomic E-state index is 9.60. The fourth-order valence-electron chi connectivity index (χ4n) is 0.892. The number of carbonyl (C=O) groups is 1. The third-order valence-corrected chi connectivity index (χ3v) is 1.88. The fourth-order valence-corrected chi connectivity index (χ4v) is 0.892. The van der Waals surface area contributed by atoms with Crippen LogP contribution in [-0.4, -0.2) is 11.1 Å². The van der Waals surface area contributed by atoms with Crippen LogP contribution < -0.4 is 0 Å². The second-order valence-electron chi connectivity index (χ2n) is 3.58. The summed E-state index contributed by atoms with van der Waals surface area (Å²) in [4.78, 5) is 9.60. The van der Waals surface area contributed by atoms with Gasteiger partial charge in [-0.3, -0.25) is 0 Å². The van der Waals surface area contributed by atoms with Crippen molar-refractivity contribution in [2.24, 2.45) is 0 Å². The molecule has 0 aromatic carbocycles. The Balaban J connectivity index is 0. The number of unbranched alkanes of at least 4 members (excludes halogenated alkanes) is 5. The molecule has 2 nitrogen and oxygen atoms in total. The van der Waals surface area contributed by atoms with Gasteiger partial charge in [-0.2, -0.15) is 0 Å². The minimum atomic E-state index is -0.935. The lowest BCUT2D eigenvalue weighted by atomic mass is 10.1. The zero-order valence-corrected chi connectivity index (χ0v) is 10.1. The monoisotopic (exact) mass is 212 g/mol. The highest BCUT2D eigenvalue weighted by atomic mass is 16.4. The topological polar surface area (TPSA) is 37.3 Å². The van der Waals surface area contributed by atoms with E-state index in [2.05, 4.69) is 20.1 Å². The molecule has 0 bridgehead atoms. The van der Waals surface area contributed by atoms with Gasteiger partial charge in [0.25, 0.3) is 0 Å². The molecule has 0 aliphatic heterocycles. The Labute approximate surface area is 93.7 Å². The molecule has 1 N–H and O–H groups in total. The SMILES string of the molecule is C=C(C)C(=O)O.C=CCCCCCCC.